The summed E-state index contributed by atoms with van der Waals surface area (Å²) in [5.74, 6) is 0. The van der Waals surface area contributed by atoms with Crippen LogP contribution in [0.25, 0.3) is 0 Å². The van der Waals surface area contributed by atoms with Gasteiger partial charge in [-0.05, 0) is 38.0 Å². The van der Waals surface area contributed by atoms with Gasteiger partial charge >= 0.3 is 0 Å². The van der Waals surface area contributed by atoms with Crippen LogP contribution >= 0.6 is 0 Å². The molecule has 15 heavy (non-hydrogen) atoms. The summed E-state index contributed by atoms with van der Waals surface area (Å²) in [6, 6.07) is 6.66. The second-order valence-electron chi connectivity index (χ2n) is 4.28. The standard InChI is InChI=1S/C13H22N2/c1-4-5-6-11(3)15-13-8-7-10(2)9-12(13)14/h7-9,11,15H,4-6,14H2,1-3H3. The number of unbranched alkanes of at least 4 members (excludes halogenated alkanes) is 1. The predicted molar refractivity (Wildman–Crippen MR) is 68.2 cm³/mol. The van der Waals surface area contributed by atoms with Crippen LogP contribution in [0.3, 0.4) is 0 Å². The van der Waals surface area contributed by atoms with Gasteiger partial charge in [0.2, 0.25) is 0 Å². The SMILES string of the molecule is CCCCC(C)Nc1ccc(C)cc1N. The Morgan fingerprint density at radius 1 is 1.40 bits per heavy atom. The van der Waals surface area contributed by atoms with Gasteiger partial charge < -0.3 is 11.1 Å². The topological polar surface area (TPSA) is 38.0 Å². The molecule has 2 nitrogen and oxygen atoms in total. The highest BCUT2D eigenvalue weighted by Gasteiger charge is 2.03. The molecule has 0 fully saturated rings. The lowest BCUT2D eigenvalue weighted by Gasteiger charge is -2.16. The third-order valence-corrected chi connectivity index (χ3v) is 2.60. The van der Waals surface area contributed by atoms with Crippen molar-refractivity contribution in [1.29, 1.82) is 0 Å². The molecule has 0 aliphatic carbocycles. The number of hydrogen-bond acceptors (Lipinski definition) is 2. The lowest BCUT2D eigenvalue weighted by atomic mass is 10.1. The fourth-order valence-corrected chi connectivity index (χ4v) is 1.66. The quantitative estimate of drug-likeness (QED) is 0.723. The summed E-state index contributed by atoms with van der Waals surface area (Å²) >= 11 is 0. The molecule has 0 spiro atoms. The maximum atomic E-state index is 5.94. The number of hydrogen-bond donors (Lipinski definition) is 2. The molecule has 1 aromatic carbocycles. The van der Waals surface area contributed by atoms with Crippen LogP contribution in [0.15, 0.2) is 18.2 Å². The summed E-state index contributed by atoms with van der Waals surface area (Å²) in [5, 5.41) is 3.45. The maximum Gasteiger partial charge on any atom is 0.0576 e. The van der Waals surface area contributed by atoms with Crippen molar-refractivity contribution in [2.24, 2.45) is 0 Å². The molecule has 0 aliphatic heterocycles. The van der Waals surface area contributed by atoms with E-state index in [2.05, 4.69) is 38.2 Å². The van der Waals surface area contributed by atoms with Crippen molar-refractivity contribution in [3.8, 4) is 0 Å². The van der Waals surface area contributed by atoms with Crippen LogP contribution in [-0.2, 0) is 0 Å². The molecule has 3 N–H and O–H groups in total. The molecule has 0 heterocycles. The summed E-state index contributed by atoms with van der Waals surface area (Å²) in [6.07, 6.45) is 3.71. The van der Waals surface area contributed by atoms with E-state index in [4.69, 9.17) is 5.73 Å². The lowest BCUT2D eigenvalue weighted by Crippen LogP contribution is -2.15. The first-order valence-corrected chi connectivity index (χ1v) is 5.76. The van der Waals surface area contributed by atoms with Gasteiger partial charge in [0.05, 0.1) is 11.4 Å². The van der Waals surface area contributed by atoms with Gasteiger partial charge in [-0.15, -0.1) is 0 Å². The fourth-order valence-electron chi connectivity index (χ4n) is 1.66. The molecule has 0 amide bonds. The summed E-state index contributed by atoms with van der Waals surface area (Å²) in [7, 11) is 0. The normalized spacial score (nSPS) is 12.5. The number of aryl methyl sites for hydroxylation is 1. The lowest BCUT2D eigenvalue weighted by molar-refractivity contribution is 0.645. The number of nitrogens with two attached hydrogens (primary N) is 1. The highest BCUT2D eigenvalue weighted by molar-refractivity contribution is 5.67. The van der Waals surface area contributed by atoms with E-state index in [1.807, 2.05) is 6.07 Å². The van der Waals surface area contributed by atoms with Crippen LogP contribution in [0.4, 0.5) is 11.4 Å². The number of benzene rings is 1. The number of nitrogen functional groups attached to an aromatic ring is 1. The smallest absolute Gasteiger partial charge is 0.0576 e. The van der Waals surface area contributed by atoms with Crippen molar-refractivity contribution >= 4 is 11.4 Å². The molecule has 0 aromatic heterocycles. The van der Waals surface area contributed by atoms with E-state index >= 15 is 0 Å². The van der Waals surface area contributed by atoms with Gasteiger partial charge in [-0.1, -0.05) is 25.8 Å². The van der Waals surface area contributed by atoms with Crippen LogP contribution in [-0.4, -0.2) is 6.04 Å². The van der Waals surface area contributed by atoms with Gasteiger partial charge in [0.25, 0.3) is 0 Å². The van der Waals surface area contributed by atoms with Gasteiger partial charge in [0.1, 0.15) is 0 Å². The Bertz CT molecular complexity index is 307. The zero-order valence-corrected chi connectivity index (χ0v) is 10.0. The fraction of sp³-hybridized carbons (Fsp3) is 0.538. The van der Waals surface area contributed by atoms with Gasteiger partial charge in [-0.3, -0.25) is 0 Å². The van der Waals surface area contributed by atoms with Crippen molar-refractivity contribution in [3.05, 3.63) is 23.8 Å². The molecule has 84 valence electrons. The minimum absolute atomic E-state index is 0.495. The zero-order chi connectivity index (χ0) is 11.3. The van der Waals surface area contributed by atoms with Crippen LogP contribution in [0, 0.1) is 6.92 Å². The van der Waals surface area contributed by atoms with E-state index in [0.717, 1.165) is 11.4 Å². The van der Waals surface area contributed by atoms with Crippen LogP contribution < -0.4 is 11.1 Å². The summed E-state index contributed by atoms with van der Waals surface area (Å²) in [4.78, 5) is 0. The molecule has 0 aliphatic rings. The second-order valence-corrected chi connectivity index (χ2v) is 4.28. The Morgan fingerprint density at radius 3 is 2.73 bits per heavy atom. The van der Waals surface area contributed by atoms with Crippen molar-refractivity contribution in [1.82, 2.24) is 0 Å². The molecule has 0 radical (unpaired) electrons. The summed E-state index contributed by atoms with van der Waals surface area (Å²) in [5.41, 5.74) is 9.05. The summed E-state index contributed by atoms with van der Waals surface area (Å²) in [6.45, 7) is 6.47. The Hall–Kier alpha value is -1.18. The van der Waals surface area contributed by atoms with Gasteiger partial charge in [-0.2, -0.15) is 0 Å². The Kier molecular flexibility index (Phi) is 4.47. The van der Waals surface area contributed by atoms with Gasteiger partial charge in [-0.25, -0.2) is 0 Å². The van der Waals surface area contributed by atoms with Crippen LogP contribution in [0.5, 0.6) is 0 Å². The molecular formula is C13H22N2. The largest absolute Gasteiger partial charge is 0.397 e. The molecule has 0 saturated carbocycles. The highest BCUT2D eigenvalue weighted by atomic mass is 14.9. The molecule has 1 rings (SSSR count). The van der Waals surface area contributed by atoms with E-state index in [1.54, 1.807) is 0 Å². The first kappa shape index (κ1) is 11.9. The Balaban J connectivity index is 2.56. The summed E-state index contributed by atoms with van der Waals surface area (Å²) < 4.78 is 0. The average Bonchev–Trinajstić information content (AvgIpc) is 2.19. The van der Waals surface area contributed by atoms with Crippen LogP contribution in [0.2, 0.25) is 0 Å². The van der Waals surface area contributed by atoms with E-state index in [1.165, 1.54) is 24.8 Å². The van der Waals surface area contributed by atoms with Gasteiger partial charge in [0.15, 0.2) is 0 Å². The highest BCUT2D eigenvalue weighted by Crippen LogP contribution is 2.21. The monoisotopic (exact) mass is 206 g/mol. The third kappa shape index (κ3) is 3.82. The van der Waals surface area contributed by atoms with E-state index in [9.17, 15) is 0 Å². The van der Waals surface area contributed by atoms with Crippen molar-refractivity contribution in [3.63, 3.8) is 0 Å². The second kappa shape index (κ2) is 5.64. The van der Waals surface area contributed by atoms with Gasteiger partial charge in [0, 0.05) is 6.04 Å². The minimum atomic E-state index is 0.495. The zero-order valence-electron chi connectivity index (χ0n) is 10.0. The minimum Gasteiger partial charge on any atom is -0.397 e. The predicted octanol–water partition coefficient (Wildman–Crippen LogP) is 3.57. The molecule has 2 heteroatoms. The number of rotatable bonds is 5. The van der Waals surface area contributed by atoms with E-state index in [-0.39, 0.29) is 0 Å². The van der Waals surface area contributed by atoms with Crippen molar-refractivity contribution < 1.29 is 0 Å². The maximum absolute atomic E-state index is 5.94. The molecule has 0 bridgehead atoms. The molecule has 1 unspecified atom stereocenters. The number of nitrogens with one attached hydrogen (secondary N) is 1. The molecule has 1 aromatic rings. The van der Waals surface area contributed by atoms with E-state index in [0.29, 0.717) is 6.04 Å². The molecule has 1 atom stereocenters. The molecular weight excluding hydrogens is 184 g/mol. The Labute approximate surface area is 92.9 Å². The first-order chi connectivity index (χ1) is 7.13. The molecule has 0 saturated heterocycles. The first-order valence-electron chi connectivity index (χ1n) is 5.76. The average molecular weight is 206 g/mol. The van der Waals surface area contributed by atoms with Crippen LogP contribution in [0.1, 0.15) is 38.7 Å². The van der Waals surface area contributed by atoms with Crippen molar-refractivity contribution in [2.45, 2.75) is 46.1 Å². The van der Waals surface area contributed by atoms with E-state index < -0.39 is 0 Å². The number of anilines is 2. The third-order valence-electron chi connectivity index (χ3n) is 2.60. The van der Waals surface area contributed by atoms with Crippen molar-refractivity contribution in [2.75, 3.05) is 11.1 Å². The Morgan fingerprint density at radius 2 is 2.13 bits per heavy atom.